The topological polar surface area (TPSA) is 75.8 Å². The summed E-state index contributed by atoms with van der Waals surface area (Å²) in [5.41, 5.74) is 5.48. The van der Waals surface area contributed by atoms with Crippen LogP contribution in [0.15, 0.2) is 4.40 Å². The van der Waals surface area contributed by atoms with Crippen LogP contribution in [0.2, 0.25) is 0 Å². The zero-order chi connectivity index (χ0) is 10.5. The molecule has 13 heavy (non-hydrogen) atoms. The standard InChI is InChI=1S/C6H14BrN3O2S/c1-3-10(5-4-7)6(8)9-13(2,11)12/h3-5H2,1-2H3,(H2,8,9). The molecule has 7 heteroatoms. The largest absolute Gasteiger partial charge is 0.369 e. The van der Waals surface area contributed by atoms with E-state index >= 15 is 0 Å². The van der Waals surface area contributed by atoms with E-state index in [1.165, 1.54) is 0 Å². The average Bonchev–Trinajstić information content (AvgIpc) is 1.96. The second-order valence-electron chi connectivity index (χ2n) is 2.45. The van der Waals surface area contributed by atoms with Crippen LogP contribution in [-0.2, 0) is 10.0 Å². The monoisotopic (exact) mass is 271 g/mol. The van der Waals surface area contributed by atoms with Gasteiger partial charge in [-0.1, -0.05) is 15.9 Å². The molecule has 0 radical (unpaired) electrons. The molecule has 0 saturated carbocycles. The van der Waals surface area contributed by atoms with Gasteiger partial charge in [-0.3, -0.25) is 0 Å². The van der Waals surface area contributed by atoms with Crippen molar-refractivity contribution >= 4 is 31.9 Å². The lowest BCUT2D eigenvalue weighted by Crippen LogP contribution is -2.38. The number of guanidine groups is 1. The van der Waals surface area contributed by atoms with Crippen LogP contribution >= 0.6 is 15.9 Å². The Morgan fingerprint density at radius 3 is 2.46 bits per heavy atom. The van der Waals surface area contributed by atoms with Crippen molar-refractivity contribution in [3.8, 4) is 0 Å². The number of rotatable bonds is 4. The fourth-order valence-corrected chi connectivity index (χ4v) is 1.65. The number of nitrogens with two attached hydrogens (primary N) is 1. The summed E-state index contributed by atoms with van der Waals surface area (Å²) in [5, 5.41) is 0.723. The predicted molar refractivity (Wildman–Crippen MR) is 57.5 cm³/mol. The molecule has 0 unspecified atom stereocenters. The van der Waals surface area contributed by atoms with Gasteiger partial charge in [0.05, 0.1) is 6.26 Å². The maximum atomic E-state index is 10.8. The van der Waals surface area contributed by atoms with Gasteiger partial charge >= 0.3 is 0 Å². The van der Waals surface area contributed by atoms with Gasteiger partial charge in [0.1, 0.15) is 0 Å². The molecule has 0 rings (SSSR count). The highest BCUT2D eigenvalue weighted by Gasteiger charge is 2.07. The van der Waals surface area contributed by atoms with Crippen molar-refractivity contribution in [2.45, 2.75) is 6.92 Å². The quantitative estimate of drug-likeness (QED) is 0.443. The van der Waals surface area contributed by atoms with E-state index in [4.69, 9.17) is 5.73 Å². The summed E-state index contributed by atoms with van der Waals surface area (Å²) in [4.78, 5) is 1.68. The lowest BCUT2D eigenvalue weighted by molar-refractivity contribution is 0.465. The lowest BCUT2D eigenvalue weighted by atomic mass is 10.5. The van der Waals surface area contributed by atoms with Gasteiger partial charge in [0.25, 0.3) is 10.0 Å². The van der Waals surface area contributed by atoms with Crippen LogP contribution in [0.1, 0.15) is 6.92 Å². The number of alkyl halides is 1. The molecule has 0 aromatic carbocycles. The zero-order valence-electron chi connectivity index (χ0n) is 7.70. The summed E-state index contributed by atoms with van der Waals surface area (Å²) in [6.07, 6.45) is 1.02. The minimum absolute atomic E-state index is 0.0458. The molecule has 0 amide bonds. The van der Waals surface area contributed by atoms with Crippen LogP contribution in [0, 0.1) is 0 Å². The van der Waals surface area contributed by atoms with E-state index in [0.717, 1.165) is 11.6 Å². The maximum absolute atomic E-state index is 10.8. The molecule has 0 atom stereocenters. The molecule has 0 saturated heterocycles. The van der Waals surface area contributed by atoms with Crippen molar-refractivity contribution < 1.29 is 8.42 Å². The summed E-state index contributed by atoms with van der Waals surface area (Å²) in [5.74, 6) is 0.0458. The van der Waals surface area contributed by atoms with Crippen molar-refractivity contribution in [1.82, 2.24) is 4.90 Å². The Hall–Kier alpha value is -0.300. The Bertz CT molecular complexity index is 276. The van der Waals surface area contributed by atoms with E-state index in [1.807, 2.05) is 6.92 Å². The van der Waals surface area contributed by atoms with Crippen molar-refractivity contribution in [3.05, 3.63) is 0 Å². The van der Waals surface area contributed by atoms with Crippen LogP contribution in [0.25, 0.3) is 0 Å². The second-order valence-corrected chi connectivity index (χ2v) is 4.89. The number of halogens is 1. The Kier molecular flexibility index (Phi) is 5.31. The number of hydrogen-bond acceptors (Lipinski definition) is 2. The molecule has 0 bridgehead atoms. The summed E-state index contributed by atoms with van der Waals surface area (Å²) in [6, 6.07) is 0. The van der Waals surface area contributed by atoms with E-state index in [1.54, 1.807) is 4.90 Å². The van der Waals surface area contributed by atoms with E-state index < -0.39 is 10.0 Å². The minimum Gasteiger partial charge on any atom is -0.369 e. The molecule has 0 fully saturated rings. The lowest BCUT2D eigenvalue weighted by Gasteiger charge is -2.19. The van der Waals surface area contributed by atoms with Gasteiger partial charge in [-0.2, -0.15) is 0 Å². The predicted octanol–water partition coefficient (Wildman–Crippen LogP) is -0.0225. The van der Waals surface area contributed by atoms with Crippen LogP contribution in [0.5, 0.6) is 0 Å². The first-order valence-electron chi connectivity index (χ1n) is 3.77. The normalized spacial score (nSPS) is 13.0. The highest BCUT2D eigenvalue weighted by atomic mass is 79.9. The molecule has 2 N–H and O–H groups in total. The summed E-state index contributed by atoms with van der Waals surface area (Å²) in [7, 11) is -3.39. The first kappa shape index (κ1) is 12.7. The van der Waals surface area contributed by atoms with Crippen LogP contribution < -0.4 is 5.73 Å². The average molecular weight is 272 g/mol. The Morgan fingerprint density at radius 1 is 1.62 bits per heavy atom. The molecule has 0 spiro atoms. The third kappa shape index (κ3) is 5.87. The maximum Gasteiger partial charge on any atom is 0.253 e. The van der Waals surface area contributed by atoms with Crippen LogP contribution in [-0.4, -0.2) is 44.0 Å². The molecule has 0 aromatic heterocycles. The van der Waals surface area contributed by atoms with Crippen molar-refractivity contribution in [2.75, 3.05) is 24.7 Å². The molecule has 78 valence electrons. The van der Waals surface area contributed by atoms with Gasteiger partial charge in [0.15, 0.2) is 0 Å². The first-order chi connectivity index (χ1) is 5.90. The SMILES string of the molecule is CCN(CCBr)C(N)=NS(C)(=O)=O. The smallest absolute Gasteiger partial charge is 0.253 e. The fourth-order valence-electron chi connectivity index (χ4n) is 0.764. The first-order valence-corrected chi connectivity index (χ1v) is 6.74. The van der Waals surface area contributed by atoms with E-state index in [-0.39, 0.29) is 5.96 Å². The number of nitrogens with zero attached hydrogens (tertiary/aromatic N) is 2. The fraction of sp³-hybridized carbons (Fsp3) is 0.833. The van der Waals surface area contributed by atoms with Gasteiger partial charge in [-0.15, -0.1) is 4.40 Å². The van der Waals surface area contributed by atoms with E-state index in [9.17, 15) is 8.42 Å². The zero-order valence-corrected chi connectivity index (χ0v) is 10.1. The Labute approximate surface area is 87.2 Å². The Balaban J connectivity index is 4.54. The van der Waals surface area contributed by atoms with Gasteiger partial charge in [-0.05, 0) is 6.92 Å². The van der Waals surface area contributed by atoms with Gasteiger partial charge in [0.2, 0.25) is 5.96 Å². The molecular weight excluding hydrogens is 258 g/mol. The minimum atomic E-state index is -3.39. The third-order valence-electron chi connectivity index (χ3n) is 1.32. The molecule has 0 aliphatic rings. The number of hydrogen-bond donors (Lipinski definition) is 1. The highest BCUT2D eigenvalue weighted by Crippen LogP contribution is 1.93. The highest BCUT2D eigenvalue weighted by molar-refractivity contribution is 9.09. The van der Waals surface area contributed by atoms with E-state index in [2.05, 4.69) is 20.3 Å². The second kappa shape index (κ2) is 5.43. The van der Waals surface area contributed by atoms with Crippen molar-refractivity contribution in [1.29, 1.82) is 0 Å². The molecule has 0 aromatic rings. The summed E-state index contributed by atoms with van der Waals surface area (Å²) in [6.45, 7) is 3.16. The summed E-state index contributed by atoms with van der Waals surface area (Å²) < 4.78 is 24.9. The Morgan fingerprint density at radius 2 is 2.15 bits per heavy atom. The third-order valence-corrected chi connectivity index (χ3v) is 2.19. The van der Waals surface area contributed by atoms with Crippen LogP contribution in [0.3, 0.4) is 0 Å². The van der Waals surface area contributed by atoms with E-state index in [0.29, 0.717) is 13.1 Å². The van der Waals surface area contributed by atoms with Crippen molar-refractivity contribution in [3.63, 3.8) is 0 Å². The van der Waals surface area contributed by atoms with Crippen LogP contribution in [0.4, 0.5) is 0 Å². The molecular formula is C6H14BrN3O2S. The van der Waals surface area contributed by atoms with Crippen molar-refractivity contribution in [2.24, 2.45) is 10.1 Å². The number of sulfonamides is 1. The van der Waals surface area contributed by atoms with Gasteiger partial charge in [-0.25, -0.2) is 8.42 Å². The summed E-state index contributed by atoms with van der Waals surface area (Å²) >= 11 is 3.24. The van der Waals surface area contributed by atoms with Gasteiger partial charge < -0.3 is 10.6 Å². The molecule has 0 aliphatic carbocycles. The molecule has 0 aliphatic heterocycles. The van der Waals surface area contributed by atoms with Gasteiger partial charge in [0, 0.05) is 18.4 Å². The molecule has 5 nitrogen and oxygen atoms in total. The molecule has 0 heterocycles.